The summed E-state index contributed by atoms with van der Waals surface area (Å²) in [5, 5.41) is 5.92. The zero-order valence-electron chi connectivity index (χ0n) is 5.15. The standard InChI is InChI=1S/C6H6N2OS/c7-10-6-2-1-5(4-9)3-8-6/h1-4H,7H2. The fraction of sp³-hybridized carbons (Fsp3) is 0. The zero-order valence-corrected chi connectivity index (χ0v) is 5.97. The van der Waals surface area contributed by atoms with E-state index in [0.717, 1.165) is 18.2 Å². The first-order chi connectivity index (χ1) is 4.86. The quantitative estimate of drug-likeness (QED) is 0.507. The summed E-state index contributed by atoms with van der Waals surface area (Å²) in [7, 11) is 0. The number of aromatic nitrogens is 1. The third kappa shape index (κ3) is 1.55. The van der Waals surface area contributed by atoms with Gasteiger partial charge in [0.25, 0.3) is 0 Å². The fourth-order valence-corrected chi connectivity index (χ4v) is 0.791. The molecule has 0 saturated heterocycles. The van der Waals surface area contributed by atoms with E-state index < -0.39 is 0 Å². The van der Waals surface area contributed by atoms with Gasteiger partial charge in [-0.1, -0.05) is 0 Å². The number of nitrogens with zero attached hydrogens (tertiary/aromatic N) is 1. The maximum Gasteiger partial charge on any atom is 0.151 e. The van der Waals surface area contributed by atoms with E-state index >= 15 is 0 Å². The minimum atomic E-state index is 0.567. The molecule has 0 aliphatic rings. The molecular formula is C6H6N2OS. The Kier molecular flexibility index (Phi) is 2.42. The molecule has 0 spiro atoms. The van der Waals surface area contributed by atoms with Gasteiger partial charge in [0, 0.05) is 11.8 Å². The lowest BCUT2D eigenvalue weighted by Crippen LogP contribution is -1.86. The van der Waals surface area contributed by atoms with E-state index in [0.29, 0.717) is 10.6 Å². The van der Waals surface area contributed by atoms with E-state index in [2.05, 4.69) is 4.98 Å². The van der Waals surface area contributed by atoms with Crippen molar-refractivity contribution in [2.24, 2.45) is 5.14 Å². The first-order valence-corrected chi connectivity index (χ1v) is 3.53. The van der Waals surface area contributed by atoms with Crippen molar-refractivity contribution in [1.29, 1.82) is 0 Å². The predicted octanol–water partition coefficient (Wildman–Crippen LogP) is 0.860. The Bertz CT molecular complexity index is 222. The summed E-state index contributed by atoms with van der Waals surface area (Å²) in [5.41, 5.74) is 0.567. The predicted molar refractivity (Wildman–Crippen MR) is 39.7 cm³/mol. The van der Waals surface area contributed by atoms with Crippen LogP contribution in [0.1, 0.15) is 10.4 Å². The lowest BCUT2D eigenvalue weighted by Gasteiger charge is -1.92. The normalized spacial score (nSPS) is 9.30. The van der Waals surface area contributed by atoms with Gasteiger partial charge in [-0.2, -0.15) is 0 Å². The van der Waals surface area contributed by atoms with Crippen molar-refractivity contribution in [2.75, 3.05) is 0 Å². The maximum atomic E-state index is 10.1. The van der Waals surface area contributed by atoms with Crippen molar-refractivity contribution in [2.45, 2.75) is 5.03 Å². The third-order valence-electron chi connectivity index (χ3n) is 1.02. The van der Waals surface area contributed by atoms with Crippen molar-refractivity contribution in [1.82, 2.24) is 4.98 Å². The van der Waals surface area contributed by atoms with Crippen LogP contribution in [0.25, 0.3) is 0 Å². The van der Waals surface area contributed by atoms with Gasteiger partial charge >= 0.3 is 0 Å². The highest BCUT2D eigenvalue weighted by Gasteiger charge is 1.91. The molecule has 0 atom stereocenters. The van der Waals surface area contributed by atoms with Crippen LogP contribution in [0, 0.1) is 0 Å². The van der Waals surface area contributed by atoms with Gasteiger partial charge in [-0.3, -0.25) is 9.93 Å². The summed E-state index contributed by atoms with van der Waals surface area (Å²) in [6, 6.07) is 3.38. The molecule has 2 N–H and O–H groups in total. The van der Waals surface area contributed by atoms with Crippen LogP contribution in [0.2, 0.25) is 0 Å². The number of carbonyl (C=O) groups excluding carboxylic acids is 1. The van der Waals surface area contributed by atoms with E-state index in [1.165, 1.54) is 6.20 Å². The van der Waals surface area contributed by atoms with Crippen molar-refractivity contribution >= 4 is 18.2 Å². The summed E-state index contributed by atoms with van der Waals surface area (Å²) in [6.45, 7) is 0. The van der Waals surface area contributed by atoms with Gasteiger partial charge < -0.3 is 0 Å². The molecular weight excluding hydrogens is 148 g/mol. The summed E-state index contributed by atoms with van der Waals surface area (Å²) >= 11 is 1.06. The molecule has 0 fully saturated rings. The molecule has 1 rings (SSSR count). The number of aldehydes is 1. The molecule has 10 heavy (non-hydrogen) atoms. The van der Waals surface area contributed by atoms with Crippen LogP contribution in [0.3, 0.4) is 0 Å². The van der Waals surface area contributed by atoms with Crippen molar-refractivity contribution in [3.8, 4) is 0 Å². The Morgan fingerprint density at radius 2 is 2.40 bits per heavy atom. The maximum absolute atomic E-state index is 10.1. The molecule has 0 radical (unpaired) electrons. The third-order valence-corrected chi connectivity index (χ3v) is 1.50. The first kappa shape index (κ1) is 7.24. The molecule has 0 aromatic carbocycles. The minimum absolute atomic E-state index is 0.567. The van der Waals surface area contributed by atoms with Gasteiger partial charge in [0.05, 0.1) is 0 Å². The van der Waals surface area contributed by atoms with E-state index in [-0.39, 0.29) is 0 Å². The molecule has 0 bridgehead atoms. The lowest BCUT2D eigenvalue weighted by molar-refractivity contribution is 0.112. The Morgan fingerprint density at radius 1 is 1.60 bits per heavy atom. The topological polar surface area (TPSA) is 56.0 Å². The van der Waals surface area contributed by atoms with Gasteiger partial charge in [0.1, 0.15) is 5.03 Å². The second-order valence-electron chi connectivity index (χ2n) is 1.67. The van der Waals surface area contributed by atoms with Crippen molar-refractivity contribution < 1.29 is 4.79 Å². The molecule has 52 valence electrons. The molecule has 1 aromatic rings. The number of rotatable bonds is 2. The molecule has 0 aliphatic heterocycles. The first-order valence-electron chi connectivity index (χ1n) is 2.65. The lowest BCUT2D eigenvalue weighted by atomic mass is 10.3. The SMILES string of the molecule is NSc1ccc(C=O)cn1. The van der Waals surface area contributed by atoms with Gasteiger partial charge in [0.2, 0.25) is 0 Å². The van der Waals surface area contributed by atoms with Crippen LogP contribution in [0.4, 0.5) is 0 Å². The number of pyridine rings is 1. The van der Waals surface area contributed by atoms with Crippen LogP contribution < -0.4 is 5.14 Å². The second-order valence-corrected chi connectivity index (χ2v) is 2.32. The Morgan fingerprint density at radius 3 is 2.80 bits per heavy atom. The average Bonchev–Trinajstić information content (AvgIpc) is 2.05. The summed E-state index contributed by atoms with van der Waals surface area (Å²) in [6.07, 6.45) is 2.24. The largest absolute Gasteiger partial charge is 0.298 e. The van der Waals surface area contributed by atoms with E-state index in [1.54, 1.807) is 12.1 Å². The Labute approximate surface area is 62.8 Å². The van der Waals surface area contributed by atoms with Crippen LogP contribution >= 0.6 is 11.9 Å². The Balaban J connectivity index is 2.90. The van der Waals surface area contributed by atoms with Crippen LogP contribution in [-0.4, -0.2) is 11.3 Å². The molecule has 3 nitrogen and oxygen atoms in total. The molecule has 0 saturated carbocycles. The Hall–Kier alpha value is -0.870. The second kappa shape index (κ2) is 3.34. The van der Waals surface area contributed by atoms with Gasteiger partial charge in [-0.25, -0.2) is 4.98 Å². The molecule has 0 amide bonds. The van der Waals surface area contributed by atoms with Crippen LogP contribution in [0.15, 0.2) is 23.4 Å². The highest BCUT2D eigenvalue weighted by atomic mass is 32.2. The number of nitrogens with two attached hydrogens (primary N) is 1. The molecule has 4 heteroatoms. The number of carbonyl (C=O) groups is 1. The van der Waals surface area contributed by atoms with Gasteiger partial charge in [-0.15, -0.1) is 0 Å². The summed E-state index contributed by atoms with van der Waals surface area (Å²) in [5.74, 6) is 0. The highest BCUT2D eigenvalue weighted by Crippen LogP contribution is 2.06. The smallest absolute Gasteiger partial charge is 0.151 e. The minimum Gasteiger partial charge on any atom is -0.298 e. The number of hydrogen-bond donors (Lipinski definition) is 1. The van der Waals surface area contributed by atoms with Gasteiger partial charge in [-0.05, 0) is 24.1 Å². The zero-order chi connectivity index (χ0) is 7.40. The number of hydrogen-bond acceptors (Lipinski definition) is 4. The van der Waals surface area contributed by atoms with Crippen molar-refractivity contribution in [3.05, 3.63) is 23.9 Å². The fourth-order valence-electron chi connectivity index (χ4n) is 0.531. The van der Waals surface area contributed by atoms with E-state index in [9.17, 15) is 4.79 Å². The van der Waals surface area contributed by atoms with Crippen LogP contribution in [0.5, 0.6) is 0 Å². The molecule has 1 heterocycles. The molecule has 1 aromatic heterocycles. The summed E-state index contributed by atoms with van der Waals surface area (Å²) in [4.78, 5) is 14.0. The van der Waals surface area contributed by atoms with Crippen LogP contribution in [-0.2, 0) is 0 Å². The molecule has 0 unspecified atom stereocenters. The highest BCUT2D eigenvalue weighted by molar-refractivity contribution is 7.97. The average molecular weight is 154 g/mol. The van der Waals surface area contributed by atoms with Gasteiger partial charge in [0.15, 0.2) is 6.29 Å². The van der Waals surface area contributed by atoms with E-state index in [4.69, 9.17) is 5.14 Å². The molecule has 0 aliphatic carbocycles. The summed E-state index contributed by atoms with van der Waals surface area (Å²) < 4.78 is 0. The van der Waals surface area contributed by atoms with Crippen molar-refractivity contribution in [3.63, 3.8) is 0 Å². The van der Waals surface area contributed by atoms with E-state index in [1.807, 2.05) is 0 Å². The monoisotopic (exact) mass is 154 g/mol.